The number of hydrogen-bond acceptors (Lipinski definition) is 4. The van der Waals surface area contributed by atoms with Crippen molar-refractivity contribution in [3.63, 3.8) is 0 Å². The number of aromatic nitrogens is 1. The Kier molecular flexibility index (Phi) is 4.44. The average molecular weight is 327 g/mol. The Morgan fingerprint density at radius 2 is 2.04 bits per heavy atom. The van der Waals surface area contributed by atoms with Gasteiger partial charge >= 0.3 is 0 Å². The molecule has 5 nitrogen and oxygen atoms in total. The minimum atomic E-state index is -0.534. The molecule has 2 atom stereocenters. The second kappa shape index (κ2) is 6.53. The molecule has 0 aliphatic carbocycles. The maximum atomic E-state index is 12.0. The number of rotatable bonds is 5. The minimum absolute atomic E-state index is 0.132. The van der Waals surface area contributed by atoms with Crippen LogP contribution in [0.1, 0.15) is 43.3 Å². The van der Waals surface area contributed by atoms with Crippen LogP contribution in [0, 0.1) is 5.92 Å². The predicted octanol–water partition coefficient (Wildman–Crippen LogP) is 3.50. The summed E-state index contributed by atoms with van der Waals surface area (Å²) in [6.07, 6.45) is 2.74. The Morgan fingerprint density at radius 3 is 2.75 bits per heavy atom. The van der Waals surface area contributed by atoms with Crippen molar-refractivity contribution in [3.8, 4) is 5.75 Å². The van der Waals surface area contributed by atoms with Gasteiger partial charge in [0.05, 0.1) is 5.92 Å². The third-order valence-electron chi connectivity index (χ3n) is 4.61. The van der Waals surface area contributed by atoms with Gasteiger partial charge in [-0.3, -0.25) is 4.79 Å². The number of aromatic hydroxyl groups is 1. The summed E-state index contributed by atoms with van der Waals surface area (Å²) in [5.41, 5.74) is 1.42. The fourth-order valence-corrected chi connectivity index (χ4v) is 3.14. The zero-order chi connectivity index (χ0) is 17.3. The van der Waals surface area contributed by atoms with Crippen molar-refractivity contribution in [2.24, 2.45) is 5.92 Å². The maximum absolute atomic E-state index is 12.0. The standard InChI is InChI=1S/C19H21NO4/c1-3-11(2)17(14-9-20-15-7-5-4-6-13(14)15)19-18(23)16(22)8-12(10-21)24-19/h4-9,11,17,20-21,23H,3,10H2,1-2H3. The molecule has 2 heterocycles. The number of H-pyrrole nitrogens is 1. The van der Waals surface area contributed by atoms with E-state index in [1.807, 2.05) is 30.5 Å². The van der Waals surface area contributed by atoms with Gasteiger partial charge in [-0.15, -0.1) is 0 Å². The molecule has 126 valence electrons. The average Bonchev–Trinajstić information content (AvgIpc) is 3.02. The van der Waals surface area contributed by atoms with Crippen LogP contribution in [0.4, 0.5) is 0 Å². The minimum Gasteiger partial charge on any atom is -0.502 e. The number of aliphatic hydroxyl groups excluding tert-OH is 1. The van der Waals surface area contributed by atoms with Gasteiger partial charge in [-0.1, -0.05) is 38.5 Å². The highest BCUT2D eigenvalue weighted by atomic mass is 16.4. The third kappa shape index (κ3) is 2.71. The first kappa shape index (κ1) is 16.3. The zero-order valence-electron chi connectivity index (χ0n) is 13.7. The van der Waals surface area contributed by atoms with Crippen molar-refractivity contribution in [1.82, 2.24) is 4.98 Å². The van der Waals surface area contributed by atoms with E-state index >= 15 is 0 Å². The monoisotopic (exact) mass is 327 g/mol. The van der Waals surface area contributed by atoms with E-state index in [2.05, 4.69) is 18.8 Å². The second-order valence-electron chi connectivity index (χ2n) is 6.10. The summed E-state index contributed by atoms with van der Waals surface area (Å²) in [6.45, 7) is 3.72. The van der Waals surface area contributed by atoms with Crippen molar-refractivity contribution >= 4 is 10.9 Å². The molecule has 0 aliphatic rings. The number of aromatic amines is 1. The highest BCUT2D eigenvalue weighted by molar-refractivity contribution is 5.84. The van der Waals surface area contributed by atoms with Crippen LogP contribution in [0.25, 0.3) is 10.9 Å². The molecule has 0 amide bonds. The molecular weight excluding hydrogens is 306 g/mol. The Balaban J connectivity index is 2.25. The normalized spacial score (nSPS) is 14.0. The molecular formula is C19H21NO4. The molecule has 0 fully saturated rings. The summed E-state index contributed by atoms with van der Waals surface area (Å²) in [6, 6.07) is 9.01. The molecule has 3 N–H and O–H groups in total. The second-order valence-corrected chi connectivity index (χ2v) is 6.10. The summed E-state index contributed by atoms with van der Waals surface area (Å²) < 4.78 is 5.68. The summed E-state index contributed by atoms with van der Waals surface area (Å²) in [5, 5.41) is 20.7. The summed E-state index contributed by atoms with van der Waals surface area (Å²) in [5.74, 6) is -0.174. The molecule has 0 spiro atoms. The number of benzene rings is 1. The summed E-state index contributed by atoms with van der Waals surface area (Å²) in [4.78, 5) is 15.3. The molecule has 0 radical (unpaired) electrons. The van der Waals surface area contributed by atoms with E-state index < -0.39 is 5.43 Å². The van der Waals surface area contributed by atoms with E-state index in [1.165, 1.54) is 0 Å². The van der Waals surface area contributed by atoms with Crippen LogP contribution in [0.3, 0.4) is 0 Å². The SMILES string of the molecule is CCC(C)C(c1oc(CO)cc(=O)c1O)c1c[nH]c2ccccc12. The topological polar surface area (TPSA) is 86.5 Å². The van der Waals surface area contributed by atoms with E-state index in [-0.39, 0.29) is 35.7 Å². The van der Waals surface area contributed by atoms with Gasteiger partial charge in [0.2, 0.25) is 11.2 Å². The van der Waals surface area contributed by atoms with Gasteiger partial charge in [0.25, 0.3) is 0 Å². The molecule has 3 aromatic rings. The highest BCUT2D eigenvalue weighted by Crippen LogP contribution is 2.40. The largest absolute Gasteiger partial charge is 0.502 e. The van der Waals surface area contributed by atoms with E-state index in [9.17, 15) is 15.0 Å². The fourth-order valence-electron chi connectivity index (χ4n) is 3.14. The molecule has 0 saturated carbocycles. The third-order valence-corrected chi connectivity index (χ3v) is 4.61. The molecule has 0 aliphatic heterocycles. The van der Waals surface area contributed by atoms with E-state index in [0.29, 0.717) is 0 Å². The maximum Gasteiger partial charge on any atom is 0.227 e. The predicted molar refractivity (Wildman–Crippen MR) is 92.2 cm³/mol. The first-order valence-electron chi connectivity index (χ1n) is 8.09. The lowest BCUT2D eigenvalue weighted by Crippen LogP contribution is -2.15. The van der Waals surface area contributed by atoms with Gasteiger partial charge < -0.3 is 19.6 Å². The van der Waals surface area contributed by atoms with Crippen molar-refractivity contribution < 1.29 is 14.6 Å². The van der Waals surface area contributed by atoms with Gasteiger partial charge in [0.15, 0.2) is 5.76 Å². The van der Waals surface area contributed by atoms with Crippen molar-refractivity contribution in [3.05, 3.63) is 63.8 Å². The lowest BCUT2D eigenvalue weighted by molar-refractivity contribution is 0.229. The van der Waals surface area contributed by atoms with Gasteiger partial charge in [0.1, 0.15) is 12.4 Å². The van der Waals surface area contributed by atoms with Gasteiger partial charge in [-0.25, -0.2) is 0 Å². The lowest BCUT2D eigenvalue weighted by atomic mass is 9.83. The van der Waals surface area contributed by atoms with Crippen LogP contribution in [0.2, 0.25) is 0 Å². The number of para-hydroxylation sites is 1. The van der Waals surface area contributed by atoms with Crippen molar-refractivity contribution in [2.45, 2.75) is 32.8 Å². The number of hydrogen-bond donors (Lipinski definition) is 3. The van der Waals surface area contributed by atoms with Crippen molar-refractivity contribution in [2.75, 3.05) is 0 Å². The number of fused-ring (bicyclic) bond motifs is 1. The van der Waals surface area contributed by atoms with Gasteiger partial charge in [0, 0.05) is 23.2 Å². The molecule has 0 saturated heterocycles. The van der Waals surface area contributed by atoms with Crippen LogP contribution in [0.15, 0.2) is 45.7 Å². The summed E-state index contributed by atoms with van der Waals surface area (Å²) >= 11 is 0. The van der Waals surface area contributed by atoms with Gasteiger partial charge in [-0.2, -0.15) is 0 Å². The Hall–Kier alpha value is -2.53. The van der Waals surface area contributed by atoms with Crippen LogP contribution < -0.4 is 5.43 Å². The molecule has 2 unspecified atom stereocenters. The van der Waals surface area contributed by atoms with Gasteiger partial charge in [-0.05, 0) is 17.5 Å². The van der Waals surface area contributed by atoms with Crippen LogP contribution in [-0.2, 0) is 6.61 Å². The van der Waals surface area contributed by atoms with E-state index in [4.69, 9.17) is 4.42 Å². The summed E-state index contributed by atoms with van der Waals surface area (Å²) in [7, 11) is 0. The number of aliphatic hydroxyl groups is 1. The smallest absolute Gasteiger partial charge is 0.227 e. The van der Waals surface area contributed by atoms with Crippen molar-refractivity contribution in [1.29, 1.82) is 0 Å². The Morgan fingerprint density at radius 1 is 1.29 bits per heavy atom. The molecule has 0 bridgehead atoms. The van der Waals surface area contributed by atoms with E-state index in [1.54, 1.807) is 0 Å². The molecule has 2 aromatic heterocycles. The zero-order valence-corrected chi connectivity index (χ0v) is 13.7. The first-order valence-corrected chi connectivity index (χ1v) is 8.09. The van der Waals surface area contributed by atoms with Crippen LogP contribution >= 0.6 is 0 Å². The first-order chi connectivity index (χ1) is 11.6. The quantitative estimate of drug-likeness (QED) is 0.669. The van der Waals surface area contributed by atoms with Crippen LogP contribution in [0.5, 0.6) is 5.75 Å². The lowest BCUT2D eigenvalue weighted by Gasteiger charge is -2.23. The molecule has 5 heteroatoms. The Labute approximate surface area is 139 Å². The Bertz CT molecular complexity index is 909. The number of nitrogens with one attached hydrogen (secondary N) is 1. The molecule has 1 aromatic carbocycles. The van der Waals surface area contributed by atoms with E-state index in [0.717, 1.165) is 29.0 Å². The fraction of sp³-hybridized carbons (Fsp3) is 0.316. The highest BCUT2D eigenvalue weighted by Gasteiger charge is 2.29. The van der Waals surface area contributed by atoms with Crippen LogP contribution in [-0.4, -0.2) is 15.2 Å². The molecule has 24 heavy (non-hydrogen) atoms. The molecule has 3 rings (SSSR count).